The zero-order valence-corrected chi connectivity index (χ0v) is 16.5. The van der Waals surface area contributed by atoms with Crippen LogP contribution >= 0.6 is 0 Å². The number of nitriles is 1. The summed E-state index contributed by atoms with van der Waals surface area (Å²) in [5.41, 5.74) is 5.03. The molecule has 0 aliphatic carbocycles. The molecule has 0 saturated heterocycles. The van der Waals surface area contributed by atoms with E-state index in [1.54, 1.807) is 43.6 Å². The molecule has 2 aromatic carbocycles. The highest BCUT2D eigenvalue weighted by molar-refractivity contribution is 6.04. The summed E-state index contributed by atoms with van der Waals surface area (Å²) in [4.78, 5) is 16.0. The van der Waals surface area contributed by atoms with Crippen LogP contribution in [0.1, 0.15) is 46.4 Å². The minimum absolute atomic E-state index is 0.0145. The van der Waals surface area contributed by atoms with Crippen molar-refractivity contribution in [2.24, 2.45) is 5.10 Å². The highest BCUT2D eigenvalue weighted by Crippen LogP contribution is 2.36. The largest absolute Gasteiger partial charge is 0.462 e. The molecule has 0 bridgehead atoms. The predicted octanol–water partition coefficient (Wildman–Crippen LogP) is 4.49. The van der Waals surface area contributed by atoms with Gasteiger partial charge in [-0.05, 0) is 66.6 Å². The summed E-state index contributed by atoms with van der Waals surface area (Å²) >= 11 is 0. The Morgan fingerprint density at radius 2 is 1.80 bits per heavy atom. The van der Waals surface area contributed by atoms with Crippen molar-refractivity contribution in [3.05, 3.63) is 95.3 Å². The zero-order chi connectivity index (χ0) is 20.9. The van der Waals surface area contributed by atoms with Crippen LogP contribution in [-0.2, 0) is 4.74 Å². The summed E-state index contributed by atoms with van der Waals surface area (Å²) in [7, 11) is 0. The molecule has 30 heavy (non-hydrogen) atoms. The van der Waals surface area contributed by atoms with Gasteiger partial charge in [0.25, 0.3) is 0 Å². The van der Waals surface area contributed by atoms with Gasteiger partial charge in [0.05, 0.1) is 41.2 Å². The second-order valence-corrected chi connectivity index (χ2v) is 6.85. The van der Waals surface area contributed by atoms with Crippen LogP contribution in [-0.4, -0.2) is 23.3 Å². The minimum Gasteiger partial charge on any atom is -0.462 e. The molecule has 1 atom stereocenters. The van der Waals surface area contributed by atoms with E-state index >= 15 is 0 Å². The maximum atomic E-state index is 11.9. The first kappa shape index (κ1) is 19.3. The molecule has 0 spiro atoms. The van der Waals surface area contributed by atoms with Crippen molar-refractivity contribution in [2.45, 2.75) is 19.4 Å². The average molecular weight is 396 g/mol. The van der Waals surface area contributed by atoms with Gasteiger partial charge in [0.15, 0.2) is 0 Å². The molecule has 4 rings (SSSR count). The molecule has 0 fully saturated rings. The summed E-state index contributed by atoms with van der Waals surface area (Å²) in [6, 6.07) is 20.9. The van der Waals surface area contributed by atoms with Crippen LogP contribution in [0.4, 0.5) is 5.69 Å². The van der Waals surface area contributed by atoms with Gasteiger partial charge in [-0.3, -0.25) is 9.99 Å². The second kappa shape index (κ2) is 8.58. The van der Waals surface area contributed by atoms with Gasteiger partial charge in [-0.1, -0.05) is 12.1 Å². The molecule has 1 unspecified atom stereocenters. The molecule has 3 aromatic rings. The normalized spacial score (nSPS) is 15.4. The first-order chi connectivity index (χ1) is 14.7. The van der Waals surface area contributed by atoms with E-state index in [0.29, 0.717) is 24.2 Å². The van der Waals surface area contributed by atoms with Crippen LogP contribution in [0.15, 0.2) is 78.2 Å². The van der Waals surface area contributed by atoms with E-state index in [2.05, 4.69) is 11.1 Å². The van der Waals surface area contributed by atoms with Crippen molar-refractivity contribution in [1.29, 1.82) is 5.26 Å². The van der Waals surface area contributed by atoms with E-state index in [0.717, 1.165) is 22.5 Å². The lowest BCUT2D eigenvalue weighted by molar-refractivity contribution is 0.0526. The molecule has 6 nitrogen and oxygen atoms in total. The monoisotopic (exact) mass is 396 g/mol. The van der Waals surface area contributed by atoms with Crippen molar-refractivity contribution < 1.29 is 9.53 Å². The Hall–Kier alpha value is -3.98. The topological polar surface area (TPSA) is 78.6 Å². The fraction of sp³-hybridized carbons (Fsp3) is 0.167. The second-order valence-electron chi connectivity index (χ2n) is 6.85. The van der Waals surface area contributed by atoms with Crippen LogP contribution in [0.25, 0.3) is 0 Å². The van der Waals surface area contributed by atoms with Crippen molar-refractivity contribution in [3.63, 3.8) is 0 Å². The third kappa shape index (κ3) is 3.91. The summed E-state index contributed by atoms with van der Waals surface area (Å²) in [6.45, 7) is 2.14. The van der Waals surface area contributed by atoms with E-state index in [-0.39, 0.29) is 12.0 Å². The number of rotatable bonds is 5. The average Bonchev–Trinajstić information content (AvgIpc) is 3.25. The van der Waals surface area contributed by atoms with Crippen LogP contribution < -0.4 is 5.01 Å². The number of aromatic nitrogens is 1. The van der Waals surface area contributed by atoms with Gasteiger partial charge in [-0.2, -0.15) is 10.4 Å². The number of pyridine rings is 1. The molecular formula is C24H20N4O2. The number of carbonyl (C=O) groups excluding carboxylic acids is 1. The molecule has 0 saturated carbocycles. The van der Waals surface area contributed by atoms with E-state index in [1.165, 1.54) is 0 Å². The molecule has 148 valence electrons. The molecule has 1 aliphatic heterocycles. The molecule has 0 amide bonds. The fourth-order valence-electron chi connectivity index (χ4n) is 3.47. The Balaban J connectivity index is 1.66. The van der Waals surface area contributed by atoms with Gasteiger partial charge in [0.1, 0.15) is 0 Å². The van der Waals surface area contributed by atoms with Crippen LogP contribution in [0.5, 0.6) is 0 Å². The summed E-state index contributed by atoms with van der Waals surface area (Å²) in [6.07, 6.45) is 4.26. The molecule has 1 aromatic heterocycles. The van der Waals surface area contributed by atoms with Crippen molar-refractivity contribution >= 4 is 17.4 Å². The van der Waals surface area contributed by atoms with Crippen LogP contribution in [0.2, 0.25) is 0 Å². The predicted molar refractivity (Wildman–Crippen MR) is 114 cm³/mol. The fourth-order valence-corrected chi connectivity index (χ4v) is 3.47. The van der Waals surface area contributed by atoms with Gasteiger partial charge in [-0.25, -0.2) is 4.79 Å². The van der Waals surface area contributed by atoms with Crippen LogP contribution in [0.3, 0.4) is 0 Å². The molecule has 1 aliphatic rings. The van der Waals surface area contributed by atoms with Crippen molar-refractivity contribution in [3.8, 4) is 6.07 Å². The first-order valence-electron chi connectivity index (χ1n) is 9.74. The number of anilines is 1. The number of hydrogen-bond donors (Lipinski definition) is 0. The van der Waals surface area contributed by atoms with Gasteiger partial charge in [-0.15, -0.1) is 0 Å². The van der Waals surface area contributed by atoms with Gasteiger partial charge >= 0.3 is 5.97 Å². The van der Waals surface area contributed by atoms with E-state index in [1.807, 2.05) is 41.4 Å². The zero-order valence-electron chi connectivity index (χ0n) is 16.5. The Labute approximate surface area is 175 Å². The van der Waals surface area contributed by atoms with Crippen molar-refractivity contribution in [1.82, 2.24) is 4.98 Å². The standard InChI is InChI=1S/C24H20N4O2/c1-2-30-24(29)20-7-5-18(6-8-20)22-15-23(19-11-13-26-14-12-19)28(27-22)21-9-3-17(16-25)4-10-21/h3-14,23H,2,15H2,1H3. The lowest BCUT2D eigenvalue weighted by atomic mass is 9.98. The number of nitrogens with zero attached hydrogens (tertiary/aromatic N) is 4. The Morgan fingerprint density at radius 1 is 1.10 bits per heavy atom. The highest BCUT2D eigenvalue weighted by Gasteiger charge is 2.30. The quantitative estimate of drug-likeness (QED) is 0.594. The van der Waals surface area contributed by atoms with Gasteiger partial charge in [0, 0.05) is 18.8 Å². The number of hydrogen-bond acceptors (Lipinski definition) is 6. The lowest BCUT2D eigenvalue weighted by Crippen LogP contribution is -2.18. The molecule has 6 heteroatoms. The SMILES string of the molecule is CCOC(=O)c1ccc(C2=NN(c3ccc(C#N)cc3)C(c3ccncc3)C2)cc1. The maximum Gasteiger partial charge on any atom is 0.338 e. The Bertz CT molecular complexity index is 1100. The number of benzene rings is 2. The van der Waals surface area contributed by atoms with Crippen LogP contribution in [0, 0.1) is 11.3 Å². The van der Waals surface area contributed by atoms with E-state index < -0.39 is 0 Å². The Kier molecular flexibility index (Phi) is 5.53. The number of hydrazone groups is 1. The van der Waals surface area contributed by atoms with E-state index in [9.17, 15) is 4.79 Å². The summed E-state index contributed by atoms with van der Waals surface area (Å²) < 4.78 is 5.06. The van der Waals surface area contributed by atoms with E-state index in [4.69, 9.17) is 15.1 Å². The number of ether oxygens (including phenoxy) is 1. The van der Waals surface area contributed by atoms with Crippen molar-refractivity contribution in [2.75, 3.05) is 11.6 Å². The first-order valence-corrected chi connectivity index (χ1v) is 9.74. The summed E-state index contributed by atoms with van der Waals surface area (Å²) in [5, 5.41) is 15.9. The lowest BCUT2D eigenvalue weighted by Gasteiger charge is -2.23. The maximum absolute atomic E-state index is 11.9. The third-order valence-corrected chi connectivity index (χ3v) is 4.99. The third-order valence-electron chi connectivity index (χ3n) is 4.99. The van der Waals surface area contributed by atoms with Gasteiger partial charge < -0.3 is 4.74 Å². The summed E-state index contributed by atoms with van der Waals surface area (Å²) in [5.74, 6) is -0.328. The van der Waals surface area contributed by atoms with Gasteiger partial charge in [0.2, 0.25) is 0 Å². The minimum atomic E-state index is -0.328. The number of carbonyl (C=O) groups is 1. The molecule has 2 heterocycles. The Morgan fingerprint density at radius 3 is 2.43 bits per heavy atom. The number of esters is 1. The smallest absolute Gasteiger partial charge is 0.338 e. The molecule has 0 radical (unpaired) electrons. The highest BCUT2D eigenvalue weighted by atomic mass is 16.5. The molecular weight excluding hydrogens is 376 g/mol. The molecule has 0 N–H and O–H groups in total.